The van der Waals surface area contributed by atoms with Crippen LogP contribution in [0.3, 0.4) is 0 Å². The highest BCUT2D eigenvalue weighted by Gasteiger charge is 2.25. The molecule has 0 bridgehead atoms. The normalized spacial score (nSPS) is 13.6. The molecule has 4 aromatic rings. The third-order valence-corrected chi connectivity index (χ3v) is 5.53. The minimum Gasteiger partial charge on any atom is -0.366 e. The highest BCUT2D eigenvalue weighted by atomic mass is 16.2. The molecule has 0 spiro atoms. The van der Waals surface area contributed by atoms with Gasteiger partial charge in [0.2, 0.25) is 5.43 Å². The van der Waals surface area contributed by atoms with Crippen LogP contribution in [-0.4, -0.2) is 21.8 Å². The lowest BCUT2D eigenvalue weighted by molar-refractivity contribution is -0.110. The molecular formula is C26H20N4O3. The molecule has 0 radical (unpaired) electrons. The van der Waals surface area contributed by atoms with Crippen LogP contribution in [0.1, 0.15) is 27.2 Å². The summed E-state index contributed by atoms with van der Waals surface area (Å²) < 4.78 is 0. The van der Waals surface area contributed by atoms with Crippen LogP contribution >= 0.6 is 0 Å². The molecular weight excluding hydrogens is 416 g/mol. The molecule has 1 aliphatic heterocycles. The second-order valence-electron chi connectivity index (χ2n) is 7.83. The van der Waals surface area contributed by atoms with Crippen molar-refractivity contribution in [1.82, 2.24) is 9.97 Å². The smallest absolute Gasteiger partial charge is 0.261 e. The van der Waals surface area contributed by atoms with Gasteiger partial charge >= 0.3 is 0 Å². The maximum atomic E-state index is 13.0. The first-order valence-corrected chi connectivity index (χ1v) is 10.4. The summed E-state index contributed by atoms with van der Waals surface area (Å²) in [6.07, 6.45) is 6.54. The Kier molecular flexibility index (Phi) is 4.99. The number of aryl methyl sites for hydroxylation is 1. The Morgan fingerprint density at radius 2 is 1.79 bits per heavy atom. The molecule has 0 atom stereocenters. The van der Waals surface area contributed by atoms with Gasteiger partial charge in [0.1, 0.15) is 5.56 Å². The van der Waals surface area contributed by atoms with Crippen LogP contribution in [0, 0.1) is 6.92 Å². The molecule has 7 heteroatoms. The molecule has 1 aliphatic rings. The molecule has 162 valence electrons. The predicted molar refractivity (Wildman–Crippen MR) is 129 cm³/mol. The van der Waals surface area contributed by atoms with Crippen LogP contribution in [0.25, 0.3) is 22.8 Å². The molecule has 2 aromatic heterocycles. The first-order valence-electron chi connectivity index (χ1n) is 10.4. The van der Waals surface area contributed by atoms with Crippen molar-refractivity contribution in [3.63, 3.8) is 0 Å². The van der Waals surface area contributed by atoms with Gasteiger partial charge in [0.05, 0.1) is 11.3 Å². The van der Waals surface area contributed by atoms with E-state index in [4.69, 9.17) is 0 Å². The van der Waals surface area contributed by atoms with Gasteiger partial charge in [0, 0.05) is 41.1 Å². The number of carbonyl (C=O) groups is 2. The minimum atomic E-state index is -0.531. The second kappa shape index (κ2) is 8.12. The second-order valence-corrected chi connectivity index (χ2v) is 7.83. The van der Waals surface area contributed by atoms with E-state index in [0.717, 1.165) is 22.4 Å². The Bertz CT molecular complexity index is 1460. The first-order chi connectivity index (χ1) is 16.0. The number of aromatic nitrogens is 2. The van der Waals surface area contributed by atoms with Gasteiger partial charge in [-0.3, -0.25) is 14.4 Å². The Hall–Kier alpha value is -4.65. The third-order valence-electron chi connectivity index (χ3n) is 5.53. The highest BCUT2D eigenvalue weighted by molar-refractivity contribution is 6.35. The maximum Gasteiger partial charge on any atom is 0.261 e. The van der Waals surface area contributed by atoms with Crippen LogP contribution in [0.15, 0.2) is 78.0 Å². The number of H-pyrrole nitrogens is 2. The van der Waals surface area contributed by atoms with E-state index < -0.39 is 5.91 Å². The van der Waals surface area contributed by atoms with Gasteiger partial charge in [-0.1, -0.05) is 35.9 Å². The van der Waals surface area contributed by atoms with Crippen molar-refractivity contribution in [3.05, 3.63) is 106 Å². The van der Waals surface area contributed by atoms with E-state index in [1.165, 1.54) is 6.20 Å². The van der Waals surface area contributed by atoms with E-state index in [9.17, 15) is 14.4 Å². The third kappa shape index (κ3) is 3.87. The van der Waals surface area contributed by atoms with E-state index in [1.54, 1.807) is 36.7 Å². The average Bonchev–Trinajstić information content (AvgIpc) is 3.42. The van der Waals surface area contributed by atoms with E-state index >= 15 is 0 Å². The monoisotopic (exact) mass is 436 g/mol. The predicted octanol–water partition coefficient (Wildman–Crippen LogP) is 4.42. The lowest BCUT2D eigenvalue weighted by Crippen LogP contribution is -2.22. The van der Waals surface area contributed by atoms with Crippen LogP contribution < -0.4 is 16.1 Å². The molecule has 0 saturated carbocycles. The molecule has 0 fully saturated rings. The molecule has 0 unspecified atom stereocenters. The van der Waals surface area contributed by atoms with Crippen LogP contribution in [0.5, 0.6) is 0 Å². The number of rotatable bonds is 4. The fourth-order valence-corrected chi connectivity index (χ4v) is 3.80. The van der Waals surface area contributed by atoms with Gasteiger partial charge in [0.25, 0.3) is 11.8 Å². The van der Waals surface area contributed by atoms with Crippen molar-refractivity contribution in [3.8, 4) is 11.1 Å². The number of anilines is 2. The highest BCUT2D eigenvalue weighted by Crippen LogP contribution is 2.35. The number of hydrogen-bond donors (Lipinski definition) is 4. The summed E-state index contributed by atoms with van der Waals surface area (Å²) in [6.45, 7) is 1.97. The largest absolute Gasteiger partial charge is 0.366 e. The van der Waals surface area contributed by atoms with Crippen molar-refractivity contribution in [2.24, 2.45) is 0 Å². The number of hydrogen-bond acceptors (Lipinski definition) is 3. The quantitative estimate of drug-likeness (QED) is 0.356. The van der Waals surface area contributed by atoms with E-state index in [-0.39, 0.29) is 16.9 Å². The number of fused-ring (bicyclic) bond motifs is 1. The van der Waals surface area contributed by atoms with E-state index in [1.807, 2.05) is 43.3 Å². The van der Waals surface area contributed by atoms with Gasteiger partial charge < -0.3 is 20.6 Å². The molecule has 2 aromatic carbocycles. The Morgan fingerprint density at radius 1 is 0.970 bits per heavy atom. The summed E-state index contributed by atoms with van der Waals surface area (Å²) >= 11 is 0. The Balaban J connectivity index is 1.41. The van der Waals surface area contributed by atoms with E-state index in [2.05, 4.69) is 20.6 Å². The summed E-state index contributed by atoms with van der Waals surface area (Å²) in [6, 6.07) is 16.4. The van der Waals surface area contributed by atoms with Crippen LogP contribution in [0.2, 0.25) is 0 Å². The average molecular weight is 436 g/mol. The Labute approximate surface area is 189 Å². The summed E-state index contributed by atoms with van der Waals surface area (Å²) in [5.41, 5.74) is 5.04. The van der Waals surface area contributed by atoms with Crippen molar-refractivity contribution in [1.29, 1.82) is 0 Å². The minimum absolute atomic E-state index is 0.00457. The number of amides is 2. The van der Waals surface area contributed by atoms with Crippen molar-refractivity contribution < 1.29 is 9.59 Å². The lowest BCUT2D eigenvalue weighted by atomic mass is 10.0. The number of aromatic amines is 2. The molecule has 5 rings (SSSR count). The molecule has 7 nitrogen and oxygen atoms in total. The zero-order valence-corrected chi connectivity index (χ0v) is 17.7. The lowest BCUT2D eigenvalue weighted by Gasteiger charge is -2.08. The Morgan fingerprint density at radius 3 is 2.55 bits per heavy atom. The van der Waals surface area contributed by atoms with E-state index in [0.29, 0.717) is 22.5 Å². The summed E-state index contributed by atoms with van der Waals surface area (Å²) in [7, 11) is 0. The van der Waals surface area contributed by atoms with Gasteiger partial charge in [-0.25, -0.2) is 0 Å². The molecule has 3 heterocycles. The fourth-order valence-electron chi connectivity index (χ4n) is 3.80. The van der Waals surface area contributed by atoms with Gasteiger partial charge in [0.15, 0.2) is 0 Å². The summed E-state index contributed by atoms with van der Waals surface area (Å²) in [4.78, 5) is 44.2. The summed E-state index contributed by atoms with van der Waals surface area (Å²) in [5.74, 6) is -0.748. The topological polar surface area (TPSA) is 107 Å². The van der Waals surface area contributed by atoms with Gasteiger partial charge in [-0.05, 0) is 42.8 Å². The van der Waals surface area contributed by atoms with Crippen molar-refractivity contribution >= 4 is 34.8 Å². The fraction of sp³-hybridized carbons (Fsp3) is 0.0385. The number of benzene rings is 2. The first kappa shape index (κ1) is 20.3. The molecule has 4 N–H and O–H groups in total. The molecule has 33 heavy (non-hydrogen) atoms. The van der Waals surface area contributed by atoms with Crippen molar-refractivity contribution in [2.45, 2.75) is 6.92 Å². The zero-order chi connectivity index (χ0) is 22.9. The van der Waals surface area contributed by atoms with Crippen LogP contribution in [0.4, 0.5) is 11.4 Å². The van der Waals surface area contributed by atoms with Gasteiger partial charge in [-0.15, -0.1) is 0 Å². The SMILES string of the molecule is Cc1ccc(-c2c[nH]cc(C(=O)Nc3ccc4c(c3)NC(=O)/C4=C\c3ccc[nH]3)c2=O)cc1. The number of nitrogens with one attached hydrogen (secondary N) is 4. The number of pyridine rings is 1. The zero-order valence-electron chi connectivity index (χ0n) is 17.7. The van der Waals surface area contributed by atoms with Crippen molar-refractivity contribution in [2.75, 3.05) is 10.6 Å². The summed E-state index contributed by atoms with van der Waals surface area (Å²) in [5, 5.41) is 5.58. The molecule has 0 saturated heterocycles. The molecule has 2 amide bonds. The molecule has 0 aliphatic carbocycles. The van der Waals surface area contributed by atoms with Crippen LogP contribution in [-0.2, 0) is 4.79 Å². The van der Waals surface area contributed by atoms with Gasteiger partial charge in [-0.2, -0.15) is 0 Å². The number of carbonyl (C=O) groups excluding carboxylic acids is 2. The standard InChI is InChI=1S/C26H20N4O3/c1-15-4-6-16(7-5-15)21-13-27-14-22(24(21)31)26(33)29-18-8-9-19-20(11-17-3-2-10-28-17)25(32)30-23(19)12-18/h2-14,28H,1H3,(H,27,31)(H,29,33)(H,30,32)/b20-11-. The maximum absolute atomic E-state index is 13.0.